The van der Waals surface area contributed by atoms with E-state index in [-0.39, 0.29) is 5.91 Å². The molecule has 208 valence electrons. The molecule has 2 atom stereocenters. The van der Waals surface area contributed by atoms with Crippen LogP contribution in [-0.2, 0) is 14.3 Å². The fourth-order valence-corrected chi connectivity index (χ4v) is 4.80. The fourth-order valence-electron chi connectivity index (χ4n) is 4.59. The van der Waals surface area contributed by atoms with Gasteiger partial charge in [-0.2, -0.15) is 0 Å². The van der Waals surface area contributed by atoms with Crippen molar-refractivity contribution in [2.45, 2.75) is 43.9 Å². The zero-order valence-corrected chi connectivity index (χ0v) is 21.5. The van der Waals surface area contributed by atoms with Gasteiger partial charge in [0, 0.05) is 37.4 Å². The zero-order valence-electron chi connectivity index (χ0n) is 20.8. The molecule has 0 spiro atoms. The smallest absolute Gasteiger partial charge is 0.335 e. The predicted molar refractivity (Wildman–Crippen MR) is 139 cm³/mol. The highest BCUT2D eigenvalue weighted by molar-refractivity contribution is 6.35. The summed E-state index contributed by atoms with van der Waals surface area (Å²) in [5, 5.41) is 36.7. The maximum Gasteiger partial charge on any atom is 0.335 e. The monoisotopic (exact) mass is 552 g/mol. The average Bonchev–Trinajstić information content (AvgIpc) is 2.93. The summed E-state index contributed by atoms with van der Waals surface area (Å²) in [5.74, 6) is -3.18. The predicted octanol–water partition coefficient (Wildman–Crippen LogP) is 0.969. The van der Waals surface area contributed by atoms with E-state index in [1.54, 1.807) is 18.3 Å². The Bertz CT molecular complexity index is 1120. The van der Waals surface area contributed by atoms with Gasteiger partial charge in [-0.15, -0.1) is 0 Å². The summed E-state index contributed by atoms with van der Waals surface area (Å²) in [6, 6.07) is 5.92. The van der Waals surface area contributed by atoms with Crippen LogP contribution in [0.1, 0.15) is 36.0 Å². The molecule has 3 heterocycles. The molecular weight excluding hydrogens is 520 g/mol. The van der Waals surface area contributed by atoms with E-state index in [0.717, 1.165) is 52.0 Å². The normalized spacial score (nSPS) is 18.7. The largest absolute Gasteiger partial charge is 0.479 e. The first-order valence-corrected chi connectivity index (χ1v) is 12.7. The van der Waals surface area contributed by atoms with Crippen molar-refractivity contribution in [1.82, 2.24) is 15.2 Å². The molecule has 38 heavy (non-hydrogen) atoms. The molecule has 2 aliphatic rings. The van der Waals surface area contributed by atoms with Gasteiger partial charge in [-0.25, -0.2) is 9.59 Å². The van der Waals surface area contributed by atoms with Gasteiger partial charge in [0.2, 0.25) is 0 Å². The number of nitrogen functional groups attached to an aromatic ring is 1. The summed E-state index contributed by atoms with van der Waals surface area (Å²) in [6.07, 6.45) is 1.63. The number of pyridine rings is 1. The number of carboxylic acids is 2. The maximum absolute atomic E-state index is 12.8. The van der Waals surface area contributed by atoms with E-state index in [2.05, 4.69) is 15.2 Å². The number of aliphatic carboxylic acids is 2. The highest BCUT2D eigenvalue weighted by atomic mass is 35.5. The number of carboxylic acid groups (broad SMARTS) is 2. The number of anilines is 1. The van der Waals surface area contributed by atoms with Crippen LogP contribution in [0.4, 0.5) is 5.69 Å². The van der Waals surface area contributed by atoms with E-state index in [9.17, 15) is 14.4 Å². The number of nitrogens with two attached hydrogens (primary N) is 1. The summed E-state index contributed by atoms with van der Waals surface area (Å²) < 4.78 is 5.47. The molecule has 1 aromatic heterocycles. The quantitative estimate of drug-likeness (QED) is 0.268. The minimum atomic E-state index is -2.27. The van der Waals surface area contributed by atoms with E-state index in [1.807, 2.05) is 6.07 Å². The standard InChI is InChI=1S/C21H27ClN4O2.C4H6O6/c22-18-12-17(20-16(19(18)23)2-1-7-24-20)21(27)25-13-14-3-8-26(9-4-14)15-5-10-28-11-6-15;5-1(3(7)8)2(6)4(9)10/h1-2,7,12,14-15H,3-6,8-11,13,23H2,(H,25,27);1-2,5-6H,(H,7,8)(H,9,10)/t;1-,2-/m.1/s1. The van der Waals surface area contributed by atoms with Crippen LogP contribution in [0.5, 0.6) is 0 Å². The third kappa shape index (κ3) is 7.51. The minimum Gasteiger partial charge on any atom is -0.479 e. The molecule has 2 aromatic rings. The van der Waals surface area contributed by atoms with Crippen molar-refractivity contribution in [1.29, 1.82) is 0 Å². The number of fused-ring (bicyclic) bond motifs is 1. The highest BCUT2D eigenvalue weighted by Gasteiger charge is 2.29. The van der Waals surface area contributed by atoms with Crippen molar-refractivity contribution in [3.8, 4) is 0 Å². The van der Waals surface area contributed by atoms with Gasteiger partial charge in [0.15, 0.2) is 12.2 Å². The van der Waals surface area contributed by atoms with Crippen LogP contribution in [0.15, 0.2) is 24.4 Å². The molecule has 0 unspecified atom stereocenters. The Hall–Kier alpha value is -3.03. The number of carbonyl (C=O) groups is 3. The zero-order chi connectivity index (χ0) is 27.8. The van der Waals surface area contributed by atoms with Crippen LogP contribution in [0.3, 0.4) is 0 Å². The lowest BCUT2D eigenvalue weighted by Crippen LogP contribution is -2.45. The van der Waals surface area contributed by atoms with E-state index in [0.29, 0.717) is 45.7 Å². The van der Waals surface area contributed by atoms with Gasteiger partial charge < -0.3 is 41.1 Å². The Morgan fingerprint density at radius 2 is 1.71 bits per heavy atom. The molecule has 1 aromatic carbocycles. The topological polar surface area (TPSA) is 196 Å². The van der Waals surface area contributed by atoms with Crippen LogP contribution in [0.2, 0.25) is 5.02 Å². The van der Waals surface area contributed by atoms with Crippen molar-refractivity contribution in [3.05, 3.63) is 35.0 Å². The SMILES string of the molecule is Nc1c(Cl)cc(C(=O)NCC2CCN(C3CCOCC3)CC2)c2ncccc12.O=C(O)[C@H](O)[C@@H](O)C(=O)O. The number of amides is 1. The first kappa shape index (κ1) is 29.5. The van der Waals surface area contributed by atoms with Crippen LogP contribution in [-0.4, -0.2) is 99.3 Å². The van der Waals surface area contributed by atoms with Crippen LogP contribution >= 0.6 is 11.6 Å². The third-order valence-electron chi connectivity index (χ3n) is 6.84. The van der Waals surface area contributed by atoms with Gasteiger partial charge in [-0.3, -0.25) is 9.78 Å². The van der Waals surface area contributed by atoms with Crippen molar-refractivity contribution in [2.24, 2.45) is 5.92 Å². The summed E-state index contributed by atoms with van der Waals surface area (Å²) in [7, 11) is 0. The maximum atomic E-state index is 12.8. The number of ether oxygens (including phenoxy) is 1. The molecule has 0 saturated carbocycles. The highest BCUT2D eigenvalue weighted by Crippen LogP contribution is 2.30. The van der Waals surface area contributed by atoms with Gasteiger partial charge >= 0.3 is 11.9 Å². The van der Waals surface area contributed by atoms with E-state index >= 15 is 0 Å². The lowest BCUT2D eigenvalue weighted by Gasteiger charge is -2.39. The number of benzene rings is 1. The van der Waals surface area contributed by atoms with Gasteiger partial charge in [0.05, 0.1) is 21.8 Å². The molecule has 13 heteroatoms. The Morgan fingerprint density at radius 3 is 2.29 bits per heavy atom. The lowest BCUT2D eigenvalue weighted by atomic mass is 9.94. The average molecular weight is 553 g/mol. The molecule has 2 fully saturated rings. The number of aromatic nitrogens is 1. The molecule has 0 aliphatic carbocycles. The van der Waals surface area contributed by atoms with Gasteiger partial charge in [0.1, 0.15) is 0 Å². The van der Waals surface area contributed by atoms with Crippen LogP contribution in [0, 0.1) is 5.92 Å². The van der Waals surface area contributed by atoms with Crippen molar-refractivity contribution in [2.75, 3.05) is 38.6 Å². The van der Waals surface area contributed by atoms with E-state index < -0.39 is 24.1 Å². The molecule has 12 nitrogen and oxygen atoms in total. The number of piperidine rings is 1. The number of halogens is 1. The van der Waals surface area contributed by atoms with Crippen molar-refractivity contribution < 1.29 is 39.5 Å². The minimum absolute atomic E-state index is 0.141. The second-order valence-corrected chi connectivity index (χ2v) is 9.73. The Labute approximate surface area is 224 Å². The Kier molecular flexibility index (Phi) is 10.6. The second kappa shape index (κ2) is 13.7. The number of hydrogen-bond donors (Lipinski definition) is 6. The number of likely N-dealkylation sites (tertiary alicyclic amines) is 1. The number of carbonyl (C=O) groups excluding carboxylic acids is 1. The fraction of sp³-hybridized carbons (Fsp3) is 0.520. The number of nitrogens with one attached hydrogen (secondary N) is 1. The van der Waals surface area contributed by atoms with Crippen molar-refractivity contribution >= 4 is 46.0 Å². The third-order valence-corrected chi connectivity index (χ3v) is 7.15. The molecule has 0 bridgehead atoms. The molecule has 0 radical (unpaired) electrons. The number of nitrogens with zero attached hydrogens (tertiary/aromatic N) is 2. The van der Waals surface area contributed by atoms with Gasteiger partial charge in [-0.05, 0) is 62.9 Å². The summed E-state index contributed by atoms with van der Waals surface area (Å²) in [4.78, 5) is 39.3. The molecule has 2 saturated heterocycles. The van der Waals surface area contributed by atoms with Gasteiger partial charge in [0.25, 0.3) is 5.91 Å². The molecule has 7 N–H and O–H groups in total. The number of aliphatic hydroxyl groups excluding tert-OH is 2. The molecule has 1 amide bonds. The first-order valence-electron chi connectivity index (χ1n) is 12.3. The summed E-state index contributed by atoms with van der Waals surface area (Å²) in [6.45, 7) is 4.64. The van der Waals surface area contributed by atoms with Gasteiger partial charge in [-0.1, -0.05) is 11.6 Å². The number of aliphatic hydroxyl groups is 2. The molecule has 4 rings (SSSR count). The number of rotatable bonds is 7. The molecular formula is C25H33ClN4O8. The first-order chi connectivity index (χ1) is 18.1. The molecule has 2 aliphatic heterocycles. The lowest BCUT2D eigenvalue weighted by molar-refractivity contribution is -0.165. The second-order valence-electron chi connectivity index (χ2n) is 9.32. The van der Waals surface area contributed by atoms with E-state index in [4.69, 9.17) is 42.5 Å². The van der Waals surface area contributed by atoms with Crippen LogP contribution < -0.4 is 11.1 Å². The van der Waals surface area contributed by atoms with E-state index in [1.165, 1.54) is 0 Å². The summed E-state index contributed by atoms with van der Waals surface area (Å²) in [5.41, 5.74) is 7.57. The number of hydrogen-bond acceptors (Lipinski definition) is 9. The van der Waals surface area contributed by atoms with Crippen LogP contribution in [0.25, 0.3) is 10.9 Å². The Morgan fingerprint density at radius 1 is 1.11 bits per heavy atom. The Balaban J connectivity index is 0.000000342. The summed E-state index contributed by atoms with van der Waals surface area (Å²) >= 11 is 6.23. The van der Waals surface area contributed by atoms with Crippen molar-refractivity contribution in [3.63, 3.8) is 0 Å².